The second kappa shape index (κ2) is 8.15. The molecule has 0 fully saturated rings. The summed E-state index contributed by atoms with van der Waals surface area (Å²) in [6.45, 7) is 3.45. The van der Waals surface area contributed by atoms with Gasteiger partial charge in [0.1, 0.15) is 5.75 Å². The first-order valence-corrected chi connectivity index (χ1v) is 6.66. The van der Waals surface area contributed by atoms with Crippen LogP contribution in [0.2, 0.25) is 0 Å². The number of likely N-dealkylation sites (N-methyl/N-ethyl adjacent to an activating group) is 1. The predicted octanol–water partition coefficient (Wildman–Crippen LogP) is 1.53. The zero-order chi connectivity index (χ0) is 14.3. The van der Waals surface area contributed by atoms with Gasteiger partial charge in [0.2, 0.25) is 0 Å². The highest BCUT2D eigenvalue weighted by atomic mass is 16.5. The number of para-hydroxylation sites is 1. The number of methoxy groups -OCH3 is 2. The number of ether oxygens (including phenoxy) is 2. The topological polar surface area (TPSA) is 47.7 Å². The van der Waals surface area contributed by atoms with Gasteiger partial charge in [-0.3, -0.25) is 4.90 Å². The highest BCUT2D eigenvalue weighted by Gasteiger charge is 2.19. The molecule has 0 saturated carbocycles. The summed E-state index contributed by atoms with van der Waals surface area (Å²) in [5.74, 6) is 0.943. The third kappa shape index (κ3) is 4.49. The van der Waals surface area contributed by atoms with Crippen LogP contribution in [0.5, 0.6) is 5.75 Å². The van der Waals surface area contributed by atoms with Crippen molar-refractivity contribution in [3.8, 4) is 5.75 Å². The van der Waals surface area contributed by atoms with Crippen molar-refractivity contribution in [2.45, 2.75) is 25.4 Å². The molecule has 0 amide bonds. The van der Waals surface area contributed by atoms with E-state index in [0.29, 0.717) is 19.2 Å². The Morgan fingerprint density at radius 3 is 2.53 bits per heavy atom. The van der Waals surface area contributed by atoms with Gasteiger partial charge in [0, 0.05) is 25.7 Å². The van der Waals surface area contributed by atoms with Crippen LogP contribution in [0.15, 0.2) is 24.3 Å². The van der Waals surface area contributed by atoms with Crippen LogP contribution in [-0.2, 0) is 11.2 Å². The summed E-state index contributed by atoms with van der Waals surface area (Å²) < 4.78 is 10.6. The van der Waals surface area contributed by atoms with Crippen molar-refractivity contribution in [3.05, 3.63) is 29.8 Å². The van der Waals surface area contributed by atoms with E-state index >= 15 is 0 Å². The Morgan fingerprint density at radius 2 is 1.95 bits per heavy atom. The van der Waals surface area contributed by atoms with Crippen LogP contribution < -0.4 is 10.5 Å². The van der Waals surface area contributed by atoms with Crippen LogP contribution in [0.3, 0.4) is 0 Å². The van der Waals surface area contributed by atoms with Crippen molar-refractivity contribution >= 4 is 0 Å². The van der Waals surface area contributed by atoms with E-state index in [1.807, 2.05) is 18.2 Å². The van der Waals surface area contributed by atoms with Crippen molar-refractivity contribution < 1.29 is 9.47 Å². The molecule has 0 aliphatic carbocycles. The third-order valence-electron chi connectivity index (χ3n) is 3.61. The third-order valence-corrected chi connectivity index (χ3v) is 3.61. The van der Waals surface area contributed by atoms with Gasteiger partial charge in [-0.05, 0) is 32.0 Å². The van der Waals surface area contributed by atoms with Gasteiger partial charge in [0.15, 0.2) is 0 Å². The first-order chi connectivity index (χ1) is 9.13. The summed E-state index contributed by atoms with van der Waals surface area (Å²) in [5.41, 5.74) is 7.02. The van der Waals surface area contributed by atoms with Crippen LogP contribution in [0.4, 0.5) is 0 Å². The summed E-state index contributed by atoms with van der Waals surface area (Å²) in [6.07, 6.45) is 0.931. The van der Waals surface area contributed by atoms with E-state index < -0.39 is 0 Å². The molecule has 4 heteroatoms. The molecule has 0 aromatic heterocycles. The molecule has 1 rings (SSSR count). The zero-order valence-electron chi connectivity index (χ0n) is 12.4. The lowest BCUT2D eigenvalue weighted by molar-refractivity contribution is 0.0884. The number of nitrogens with zero attached hydrogens (tertiary/aromatic N) is 1. The van der Waals surface area contributed by atoms with Crippen molar-refractivity contribution in [1.82, 2.24) is 4.90 Å². The molecule has 0 saturated heterocycles. The maximum atomic E-state index is 5.80. The van der Waals surface area contributed by atoms with Gasteiger partial charge < -0.3 is 15.2 Å². The monoisotopic (exact) mass is 266 g/mol. The molecular weight excluding hydrogens is 240 g/mol. The van der Waals surface area contributed by atoms with Crippen LogP contribution in [0.25, 0.3) is 0 Å². The van der Waals surface area contributed by atoms with Gasteiger partial charge in [-0.2, -0.15) is 0 Å². The molecule has 1 aromatic rings. The Bertz CT molecular complexity index is 371. The molecular formula is C15H26N2O2. The SMILES string of the molecule is COCC(CN)N(C)C(C)Cc1ccccc1OC. The molecule has 4 nitrogen and oxygen atoms in total. The van der Waals surface area contributed by atoms with Gasteiger partial charge in [-0.25, -0.2) is 0 Å². The predicted molar refractivity (Wildman–Crippen MR) is 78.6 cm³/mol. The van der Waals surface area contributed by atoms with E-state index in [2.05, 4.69) is 24.9 Å². The Morgan fingerprint density at radius 1 is 1.26 bits per heavy atom. The highest BCUT2D eigenvalue weighted by molar-refractivity contribution is 5.33. The van der Waals surface area contributed by atoms with Gasteiger partial charge in [0.25, 0.3) is 0 Å². The summed E-state index contributed by atoms with van der Waals surface area (Å²) in [4.78, 5) is 2.27. The lowest BCUT2D eigenvalue weighted by Crippen LogP contribution is -2.46. The Kier molecular flexibility index (Phi) is 6.84. The standard InChI is InChI=1S/C15H26N2O2/c1-12(17(2)14(10-16)11-18-3)9-13-7-5-6-8-15(13)19-4/h5-8,12,14H,9-11,16H2,1-4H3. The maximum Gasteiger partial charge on any atom is 0.122 e. The second-order valence-corrected chi connectivity index (χ2v) is 4.88. The van der Waals surface area contributed by atoms with E-state index in [9.17, 15) is 0 Å². The average molecular weight is 266 g/mol. The molecule has 108 valence electrons. The molecule has 0 spiro atoms. The summed E-state index contributed by atoms with van der Waals surface area (Å²) >= 11 is 0. The lowest BCUT2D eigenvalue weighted by atomic mass is 10.0. The van der Waals surface area contributed by atoms with Crippen LogP contribution in [-0.4, -0.2) is 51.4 Å². The van der Waals surface area contributed by atoms with Crippen molar-refractivity contribution in [1.29, 1.82) is 0 Å². The first kappa shape index (κ1) is 16.0. The van der Waals surface area contributed by atoms with E-state index in [1.54, 1.807) is 14.2 Å². The minimum atomic E-state index is 0.245. The van der Waals surface area contributed by atoms with Gasteiger partial charge in [0.05, 0.1) is 13.7 Å². The largest absolute Gasteiger partial charge is 0.496 e. The maximum absolute atomic E-state index is 5.80. The normalized spacial score (nSPS) is 14.4. The van der Waals surface area contributed by atoms with Gasteiger partial charge in [-0.15, -0.1) is 0 Å². The minimum absolute atomic E-state index is 0.245. The Labute approximate surface area is 116 Å². The van der Waals surface area contributed by atoms with Crippen LogP contribution >= 0.6 is 0 Å². The number of hydrogen-bond donors (Lipinski definition) is 1. The second-order valence-electron chi connectivity index (χ2n) is 4.88. The molecule has 2 unspecified atom stereocenters. The summed E-state index contributed by atoms with van der Waals surface area (Å²) in [7, 11) is 5.51. The number of benzene rings is 1. The minimum Gasteiger partial charge on any atom is -0.496 e. The number of hydrogen-bond acceptors (Lipinski definition) is 4. The molecule has 0 radical (unpaired) electrons. The fourth-order valence-electron chi connectivity index (χ4n) is 2.24. The van der Waals surface area contributed by atoms with E-state index in [-0.39, 0.29) is 6.04 Å². The molecule has 2 N–H and O–H groups in total. The number of rotatable bonds is 8. The smallest absolute Gasteiger partial charge is 0.122 e. The molecule has 0 heterocycles. The van der Waals surface area contributed by atoms with Crippen LogP contribution in [0.1, 0.15) is 12.5 Å². The molecule has 1 aromatic carbocycles. The fraction of sp³-hybridized carbons (Fsp3) is 0.600. The van der Waals surface area contributed by atoms with E-state index in [1.165, 1.54) is 5.56 Å². The van der Waals surface area contributed by atoms with Gasteiger partial charge in [-0.1, -0.05) is 18.2 Å². The lowest BCUT2D eigenvalue weighted by Gasteiger charge is -2.32. The van der Waals surface area contributed by atoms with Gasteiger partial charge >= 0.3 is 0 Å². The molecule has 2 atom stereocenters. The molecule has 19 heavy (non-hydrogen) atoms. The Hall–Kier alpha value is -1.10. The Balaban J connectivity index is 2.69. The number of nitrogens with two attached hydrogens (primary N) is 1. The average Bonchev–Trinajstić information content (AvgIpc) is 2.44. The summed E-state index contributed by atoms with van der Waals surface area (Å²) in [5, 5.41) is 0. The highest BCUT2D eigenvalue weighted by Crippen LogP contribution is 2.20. The van der Waals surface area contributed by atoms with Crippen LogP contribution in [0, 0.1) is 0 Å². The molecule has 0 aliphatic heterocycles. The fourth-order valence-corrected chi connectivity index (χ4v) is 2.24. The van der Waals surface area contributed by atoms with Crippen molar-refractivity contribution in [2.24, 2.45) is 5.73 Å². The van der Waals surface area contributed by atoms with E-state index in [4.69, 9.17) is 15.2 Å². The first-order valence-electron chi connectivity index (χ1n) is 6.66. The van der Waals surface area contributed by atoms with E-state index in [0.717, 1.165) is 12.2 Å². The molecule has 0 bridgehead atoms. The van der Waals surface area contributed by atoms with Crippen molar-refractivity contribution in [2.75, 3.05) is 34.4 Å². The van der Waals surface area contributed by atoms with Crippen molar-refractivity contribution in [3.63, 3.8) is 0 Å². The summed E-state index contributed by atoms with van der Waals surface area (Å²) in [6, 6.07) is 8.76. The quantitative estimate of drug-likeness (QED) is 0.775. The zero-order valence-corrected chi connectivity index (χ0v) is 12.4. The molecule has 0 aliphatic rings.